The number of nitriles is 1. The molecule has 0 saturated heterocycles. The molecule has 0 amide bonds. The summed E-state index contributed by atoms with van der Waals surface area (Å²) < 4.78 is 0. The molecule has 96 valence electrons. The molecule has 2 aromatic rings. The van der Waals surface area contributed by atoms with Crippen molar-refractivity contribution in [3.8, 4) is 17.2 Å². The van der Waals surface area contributed by atoms with Crippen molar-refractivity contribution in [2.24, 2.45) is 5.92 Å². The summed E-state index contributed by atoms with van der Waals surface area (Å²) in [7, 11) is 0. The highest BCUT2D eigenvalue weighted by Gasteiger charge is 2.13. The number of hydrogen-bond acceptors (Lipinski definition) is 3. The van der Waals surface area contributed by atoms with Crippen LogP contribution in [-0.4, -0.2) is 9.97 Å². The topological polar surface area (TPSA) is 49.6 Å². The van der Waals surface area contributed by atoms with Crippen LogP contribution >= 0.6 is 11.6 Å². The second-order valence-electron chi connectivity index (χ2n) is 4.77. The van der Waals surface area contributed by atoms with Gasteiger partial charge in [0.05, 0.1) is 11.3 Å². The van der Waals surface area contributed by atoms with Gasteiger partial charge in [0.2, 0.25) is 0 Å². The number of pyridine rings is 2. The Morgan fingerprint density at radius 3 is 2.58 bits per heavy atom. The molecule has 0 fully saturated rings. The van der Waals surface area contributed by atoms with E-state index in [1.54, 1.807) is 12.4 Å². The first-order valence-corrected chi connectivity index (χ1v) is 6.49. The van der Waals surface area contributed by atoms with Crippen LogP contribution in [0.3, 0.4) is 0 Å². The molecule has 0 aliphatic rings. The van der Waals surface area contributed by atoms with Gasteiger partial charge in [-0.3, -0.25) is 4.98 Å². The average molecular weight is 272 g/mol. The Morgan fingerprint density at radius 2 is 2.00 bits per heavy atom. The van der Waals surface area contributed by atoms with E-state index >= 15 is 0 Å². The normalized spacial score (nSPS) is 10.5. The van der Waals surface area contributed by atoms with Crippen molar-refractivity contribution >= 4 is 11.6 Å². The smallest absolute Gasteiger partial charge is 0.147 e. The number of halogens is 1. The number of hydrogen-bond donors (Lipinski definition) is 0. The van der Waals surface area contributed by atoms with Gasteiger partial charge in [-0.1, -0.05) is 25.4 Å². The Labute approximate surface area is 117 Å². The van der Waals surface area contributed by atoms with Gasteiger partial charge in [0, 0.05) is 18.0 Å². The summed E-state index contributed by atoms with van der Waals surface area (Å²) in [5, 5.41) is 9.35. The molecule has 0 radical (unpaired) electrons. The molecule has 0 spiro atoms. The lowest BCUT2D eigenvalue weighted by molar-refractivity contribution is 0.636. The number of rotatable bonds is 3. The van der Waals surface area contributed by atoms with E-state index < -0.39 is 0 Å². The van der Waals surface area contributed by atoms with Crippen molar-refractivity contribution < 1.29 is 0 Å². The summed E-state index contributed by atoms with van der Waals surface area (Å²) in [5.41, 5.74) is 3.29. The van der Waals surface area contributed by atoms with Gasteiger partial charge in [0.25, 0.3) is 0 Å². The molecule has 0 N–H and O–H groups in total. The van der Waals surface area contributed by atoms with Gasteiger partial charge in [-0.25, -0.2) is 4.98 Å². The maximum Gasteiger partial charge on any atom is 0.147 e. The van der Waals surface area contributed by atoms with E-state index in [1.807, 2.05) is 18.2 Å². The molecule has 4 heteroatoms. The molecule has 2 heterocycles. The summed E-state index contributed by atoms with van der Waals surface area (Å²) >= 11 is 6.03. The number of aromatic nitrogens is 2. The second-order valence-corrected chi connectivity index (χ2v) is 5.12. The lowest BCUT2D eigenvalue weighted by Gasteiger charge is -2.12. The maximum absolute atomic E-state index is 9.08. The van der Waals surface area contributed by atoms with Gasteiger partial charge in [0.1, 0.15) is 11.2 Å². The summed E-state index contributed by atoms with van der Waals surface area (Å²) in [6.07, 6.45) is 4.29. The highest BCUT2D eigenvalue weighted by atomic mass is 35.5. The largest absolute Gasteiger partial charge is 0.265 e. The van der Waals surface area contributed by atoms with E-state index in [1.165, 1.54) is 0 Å². The van der Waals surface area contributed by atoms with E-state index in [0.29, 0.717) is 11.5 Å². The first-order valence-electron chi connectivity index (χ1n) is 6.11. The molecule has 0 aliphatic carbocycles. The SMILES string of the molecule is CC(C)Cc1nc(Cl)c(C#N)cc1-c1ccncc1. The molecule has 2 rings (SSSR count). The molecule has 0 bridgehead atoms. The van der Waals surface area contributed by atoms with Crippen LogP contribution in [0.5, 0.6) is 0 Å². The zero-order chi connectivity index (χ0) is 13.8. The third-order valence-corrected chi connectivity index (χ3v) is 3.06. The molecule has 0 atom stereocenters. The maximum atomic E-state index is 9.08. The summed E-state index contributed by atoms with van der Waals surface area (Å²) in [6, 6.07) is 7.71. The van der Waals surface area contributed by atoms with E-state index in [9.17, 15) is 0 Å². The summed E-state index contributed by atoms with van der Waals surface area (Å²) in [4.78, 5) is 8.39. The molecular formula is C15H14ClN3. The highest BCUT2D eigenvalue weighted by molar-refractivity contribution is 6.30. The fourth-order valence-electron chi connectivity index (χ4n) is 1.93. The van der Waals surface area contributed by atoms with E-state index in [-0.39, 0.29) is 5.15 Å². The fourth-order valence-corrected chi connectivity index (χ4v) is 2.13. The Balaban J connectivity index is 2.59. The quantitative estimate of drug-likeness (QED) is 0.796. The van der Waals surface area contributed by atoms with Gasteiger partial charge < -0.3 is 0 Å². The highest BCUT2D eigenvalue weighted by Crippen LogP contribution is 2.28. The van der Waals surface area contributed by atoms with Gasteiger partial charge in [-0.05, 0) is 36.1 Å². The minimum absolute atomic E-state index is 0.274. The van der Waals surface area contributed by atoms with Crippen LogP contribution in [-0.2, 0) is 6.42 Å². The van der Waals surface area contributed by atoms with Crippen molar-refractivity contribution in [1.29, 1.82) is 5.26 Å². The monoisotopic (exact) mass is 271 g/mol. The van der Waals surface area contributed by atoms with Crippen molar-refractivity contribution in [2.45, 2.75) is 20.3 Å². The lowest BCUT2D eigenvalue weighted by Crippen LogP contribution is -2.02. The Bertz CT molecular complexity index is 615. The van der Waals surface area contributed by atoms with Crippen molar-refractivity contribution in [3.05, 3.63) is 47.0 Å². The Hall–Kier alpha value is -1.92. The van der Waals surface area contributed by atoms with Crippen molar-refractivity contribution in [2.75, 3.05) is 0 Å². The van der Waals surface area contributed by atoms with Crippen LogP contribution in [0.2, 0.25) is 5.15 Å². The van der Waals surface area contributed by atoms with Crippen molar-refractivity contribution in [3.63, 3.8) is 0 Å². The third-order valence-electron chi connectivity index (χ3n) is 2.77. The second kappa shape index (κ2) is 5.81. The van der Waals surface area contributed by atoms with Crippen LogP contribution in [0.15, 0.2) is 30.6 Å². The molecule has 3 nitrogen and oxygen atoms in total. The Morgan fingerprint density at radius 1 is 1.32 bits per heavy atom. The van der Waals surface area contributed by atoms with Crippen LogP contribution in [0.1, 0.15) is 25.1 Å². The van der Waals surface area contributed by atoms with E-state index in [4.69, 9.17) is 16.9 Å². The van der Waals surface area contributed by atoms with E-state index in [0.717, 1.165) is 23.2 Å². The lowest BCUT2D eigenvalue weighted by atomic mass is 9.98. The van der Waals surface area contributed by atoms with Gasteiger partial charge in [-0.2, -0.15) is 5.26 Å². The minimum atomic E-state index is 0.274. The van der Waals surface area contributed by atoms with Gasteiger partial charge in [-0.15, -0.1) is 0 Å². The standard InChI is InChI=1S/C15H14ClN3/c1-10(2)7-14-13(11-3-5-18-6-4-11)8-12(9-17)15(16)19-14/h3-6,8,10H,7H2,1-2H3. The van der Waals surface area contributed by atoms with Crippen LogP contribution < -0.4 is 0 Å². The van der Waals surface area contributed by atoms with E-state index in [2.05, 4.69) is 29.9 Å². The van der Waals surface area contributed by atoms with Crippen LogP contribution in [0.4, 0.5) is 0 Å². The predicted octanol–water partition coefficient (Wildman–Crippen LogP) is 3.87. The van der Waals surface area contributed by atoms with Crippen molar-refractivity contribution in [1.82, 2.24) is 9.97 Å². The molecule has 0 aromatic carbocycles. The zero-order valence-corrected chi connectivity index (χ0v) is 11.6. The zero-order valence-electron chi connectivity index (χ0n) is 10.9. The molecule has 0 aliphatic heterocycles. The summed E-state index contributed by atoms with van der Waals surface area (Å²) in [5.74, 6) is 0.470. The third kappa shape index (κ3) is 3.10. The first kappa shape index (κ1) is 13.5. The molecule has 2 aromatic heterocycles. The average Bonchev–Trinajstić information content (AvgIpc) is 2.39. The minimum Gasteiger partial charge on any atom is -0.265 e. The summed E-state index contributed by atoms with van der Waals surface area (Å²) in [6.45, 7) is 4.26. The van der Waals surface area contributed by atoms with Gasteiger partial charge in [0.15, 0.2) is 0 Å². The Kier molecular flexibility index (Phi) is 4.13. The first-order chi connectivity index (χ1) is 9.11. The molecule has 19 heavy (non-hydrogen) atoms. The van der Waals surface area contributed by atoms with Gasteiger partial charge >= 0.3 is 0 Å². The fraction of sp³-hybridized carbons (Fsp3) is 0.267. The molecular weight excluding hydrogens is 258 g/mol. The predicted molar refractivity (Wildman–Crippen MR) is 75.7 cm³/mol. The van der Waals surface area contributed by atoms with Crippen LogP contribution in [0, 0.1) is 17.2 Å². The molecule has 0 saturated carbocycles. The van der Waals surface area contributed by atoms with Crippen LogP contribution in [0.25, 0.3) is 11.1 Å². The number of nitrogens with zero attached hydrogens (tertiary/aromatic N) is 3. The molecule has 0 unspecified atom stereocenters.